The molecule has 0 saturated carbocycles. The summed E-state index contributed by atoms with van der Waals surface area (Å²) in [5.74, 6) is 1.14. The summed E-state index contributed by atoms with van der Waals surface area (Å²) in [6.07, 6.45) is 3.90. The van der Waals surface area contributed by atoms with Gasteiger partial charge in [0.1, 0.15) is 19.8 Å². The number of fused-ring (bicyclic) bond motifs is 1. The molecule has 0 bridgehead atoms. The topological polar surface area (TPSA) is 76.4 Å². The second-order valence-electron chi connectivity index (χ2n) is 8.34. The molecule has 8 heteroatoms. The third-order valence-electron chi connectivity index (χ3n) is 6.30. The monoisotopic (exact) mass is 423 g/mol. The van der Waals surface area contributed by atoms with Crippen LogP contribution < -0.4 is 19.3 Å². The van der Waals surface area contributed by atoms with Crippen molar-refractivity contribution in [1.82, 2.24) is 9.88 Å². The fraction of sp³-hybridized carbons (Fsp3) is 0.435. The molecular weight excluding hydrogens is 396 g/mol. The lowest BCUT2D eigenvalue weighted by Crippen LogP contribution is -3.13. The van der Waals surface area contributed by atoms with Crippen LogP contribution in [0.15, 0.2) is 42.7 Å². The molecule has 8 nitrogen and oxygen atoms in total. The van der Waals surface area contributed by atoms with Crippen molar-refractivity contribution < 1.29 is 24.0 Å². The van der Waals surface area contributed by atoms with Gasteiger partial charge in [0.2, 0.25) is 11.8 Å². The molecule has 0 unspecified atom stereocenters. The number of anilines is 1. The molecule has 31 heavy (non-hydrogen) atoms. The number of hydrogen-bond acceptors (Lipinski definition) is 5. The van der Waals surface area contributed by atoms with Crippen molar-refractivity contribution in [2.24, 2.45) is 5.92 Å². The number of rotatable bonds is 4. The van der Waals surface area contributed by atoms with E-state index in [2.05, 4.69) is 4.98 Å². The molecule has 4 heterocycles. The molecule has 2 saturated heterocycles. The fourth-order valence-corrected chi connectivity index (χ4v) is 4.59. The van der Waals surface area contributed by atoms with E-state index in [-0.39, 0.29) is 24.2 Å². The second-order valence-corrected chi connectivity index (χ2v) is 8.34. The van der Waals surface area contributed by atoms with E-state index in [4.69, 9.17) is 9.47 Å². The normalized spacial score (nSPS) is 21.4. The highest BCUT2D eigenvalue weighted by Crippen LogP contribution is 2.36. The maximum Gasteiger partial charge on any atom is 0.228 e. The molecular formula is C23H27N4O4+. The Bertz CT molecular complexity index is 959. The van der Waals surface area contributed by atoms with Gasteiger partial charge in [-0.3, -0.25) is 14.6 Å². The number of carbonyl (C=O) groups is 2. The lowest BCUT2D eigenvalue weighted by atomic mass is 10.1. The molecule has 1 N–H and O–H groups in total. The molecule has 1 aromatic carbocycles. The Morgan fingerprint density at radius 2 is 1.81 bits per heavy atom. The summed E-state index contributed by atoms with van der Waals surface area (Å²) in [6.45, 7) is 5.69. The Labute approximate surface area is 181 Å². The Balaban J connectivity index is 1.18. The van der Waals surface area contributed by atoms with Gasteiger partial charge in [-0.25, -0.2) is 0 Å². The molecule has 1 atom stereocenters. The number of ether oxygens (including phenoxy) is 2. The fourth-order valence-electron chi connectivity index (χ4n) is 4.59. The van der Waals surface area contributed by atoms with E-state index in [1.54, 1.807) is 4.90 Å². The van der Waals surface area contributed by atoms with Gasteiger partial charge in [0.15, 0.2) is 11.5 Å². The standard InChI is InChI=1S/C23H26N4O4/c28-22-13-18(16-27(22)19-1-2-20-21(14-19)31-12-11-30-20)23(29)26-9-7-25(8-10-26)15-17-3-5-24-6-4-17/h1-6,14,18H,7-13,15-16H2/p+1/t18-/m0/s1. The molecule has 0 spiro atoms. The highest BCUT2D eigenvalue weighted by molar-refractivity contribution is 6.00. The number of benzene rings is 1. The summed E-state index contributed by atoms with van der Waals surface area (Å²) < 4.78 is 11.2. The summed E-state index contributed by atoms with van der Waals surface area (Å²) in [7, 11) is 0. The number of piperazine rings is 1. The van der Waals surface area contributed by atoms with Crippen molar-refractivity contribution in [2.45, 2.75) is 13.0 Å². The number of quaternary nitrogens is 1. The van der Waals surface area contributed by atoms with Crippen molar-refractivity contribution in [1.29, 1.82) is 0 Å². The van der Waals surface area contributed by atoms with E-state index in [1.807, 2.05) is 47.6 Å². The minimum atomic E-state index is -0.289. The van der Waals surface area contributed by atoms with Crippen LogP contribution in [0, 0.1) is 5.92 Å². The van der Waals surface area contributed by atoms with Crippen LogP contribution in [0.2, 0.25) is 0 Å². The zero-order chi connectivity index (χ0) is 21.2. The Kier molecular flexibility index (Phi) is 5.46. The average Bonchev–Trinajstić information content (AvgIpc) is 3.21. The summed E-state index contributed by atoms with van der Waals surface area (Å²) in [5.41, 5.74) is 2.03. The minimum Gasteiger partial charge on any atom is -0.486 e. The highest BCUT2D eigenvalue weighted by Gasteiger charge is 2.38. The Morgan fingerprint density at radius 1 is 1.06 bits per heavy atom. The molecule has 162 valence electrons. The Morgan fingerprint density at radius 3 is 2.58 bits per heavy atom. The smallest absolute Gasteiger partial charge is 0.228 e. The van der Waals surface area contributed by atoms with E-state index in [9.17, 15) is 9.59 Å². The van der Waals surface area contributed by atoms with Crippen LogP contribution in [0.5, 0.6) is 11.5 Å². The Hall–Kier alpha value is -3.13. The van der Waals surface area contributed by atoms with Crippen molar-refractivity contribution >= 4 is 17.5 Å². The van der Waals surface area contributed by atoms with Crippen LogP contribution in [0.25, 0.3) is 0 Å². The van der Waals surface area contributed by atoms with Crippen LogP contribution in [0.3, 0.4) is 0 Å². The zero-order valence-corrected chi connectivity index (χ0v) is 17.5. The van der Waals surface area contributed by atoms with E-state index in [0.29, 0.717) is 31.3 Å². The first-order valence-electron chi connectivity index (χ1n) is 10.9. The van der Waals surface area contributed by atoms with Gasteiger partial charge in [-0.1, -0.05) is 0 Å². The van der Waals surface area contributed by atoms with Crippen molar-refractivity contribution in [3.8, 4) is 11.5 Å². The van der Waals surface area contributed by atoms with Crippen molar-refractivity contribution in [2.75, 3.05) is 50.8 Å². The molecule has 2 aromatic rings. The average molecular weight is 423 g/mol. The van der Waals surface area contributed by atoms with Crippen LogP contribution >= 0.6 is 0 Å². The lowest BCUT2D eigenvalue weighted by molar-refractivity contribution is -0.917. The quantitative estimate of drug-likeness (QED) is 0.757. The molecule has 0 radical (unpaired) electrons. The summed E-state index contributed by atoms with van der Waals surface area (Å²) in [4.78, 5) is 34.9. The van der Waals surface area contributed by atoms with Gasteiger partial charge in [-0.2, -0.15) is 0 Å². The van der Waals surface area contributed by atoms with Gasteiger partial charge in [0.05, 0.1) is 32.1 Å². The van der Waals surface area contributed by atoms with Crippen molar-refractivity contribution in [3.05, 3.63) is 48.3 Å². The van der Waals surface area contributed by atoms with E-state index in [1.165, 1.54) is 10.5 Å². The van der Waals surface area contributed by atoms with E-state index >= 15 is 0 Å². The highest BCUT2D eigenvalue weighted by atomic mass is 16.6. The largest absolute Gasteiger partial charge is 0.486 e. The molecule has 2 amide bonds. The summed E-state index contributed by atoms with van der Waals surface area (Å²) >= 11 is 0. The molecule has 0 aliphatic carbocycles. The molecule has 1 aromatic heterocycles. The number of amides is 2. The van der Waals surface area contributed by atoms with Gasteiger partial charge in [-0.05, 0) is 24.3 Å². The molecule has 3 aliphatic rings. The van der Waals surface area contributed by atoms with Gasteiger partial charge in [0, 0.05) is 42.7 Å². The maximum absolute atomic E-state index is 13.1. The number of hydrogen-bond donors (Lipinski definition) is 1. The molecule has 3 aliphatic heterocycles. The van der Waals surface area contributed by atoms with Crippen molar-refractivity contribution in [3.63, 3.8) is 0 Å². The third kappa shape index (κ3) is 4.20. The van der Waals surface area contributed by atoms with Crippen LogP contribution in [-0.2, 0) is 16.1 Å². The van der Waals surface area contributed by atoms with Gasteiger partial charge < -0.3 is 24.2 Å². The number of aromatic nitrogens is 1. The third-order valence-corrected chi connectivity index (χ3v) is 6.30. The zero-order valence-electron chi connectivity index (χ0n) is 17.5. The number of nitrogens with zero attached hydrogens (tertiary/aromatic N) is 3. The maximum atomic E-state index is 13.1. The van der Waals surface area contributed by atoms with E-state index < -0.39 is 0 Å². The SMILES string of the molecule is O=C([C@H]1CC(=O)N(c2ccc3c(c2)OCCO3)C1)N1CC[NH+](Cc2ccncc2)CC1. The molecule has 5 rings (SSSR count). The van der Waals surface area contributed by atoms with Crippen LogP contribution in [0.1, 0.15) is 12.0 Å². The van der Waals surface area contributed by atoms with Gasteiger partial charge in [-0.15, -0.1) is 0 Å². The number of carbonyl (C=O) groups excluding carboxylic acids is 2. The first-order chi connectivity index (χ1) is 15.2. The first kappa shape index (κ1) is 19.8. The number of nitrogens with one attached hydrogen (secondary N) is 1. The minimum absolute atomic E-state index is 0.0167. The van der Waals surface area contributed by atoms with E-state index in [0.717, 1.165) is 38.4 Å². The predicted molar refractivity (Wildman–Crippen MR) is 113 cm³/mol. The molecule has 2 fully saturated rings. The predicted octanol–water partition coefficient (Wildman–Crippen LogP) is 0.133. The van der Waals surface area contributed by atoms with Crippen LogP contribution in [-0.4, -0.2) is 67.6 Å². The summed E-state index contributed by atoms with van der Waals surface area (Å²) in [5, 5.41) is 0. The summed E-state index contributed by atoms with van der Waals surface area (Å²) in [6, 6.07) is 9.61. The first-order valence-corrected chi connectivity index (χ1v) is 10.9. The van der Waals surface area contributed by atoms with Gasteiger partial charge >= 0.3 is 0 Å². The second kappa shape index (κ2) is 8.55. The van der Waals surface area contributed by atoms with Crippen LogP contribution in [0.4, 0.5) is 5.69 Å². The number of pyridine rings is 1. The van der Waals surface area contributed by atoms with Gasteiger partial charge in [0.25, 0.3) is 0 Å². The lowest BCUT2D eigenvalue weighted by Gasteiger charge is -2.33.